The molecule has 0 N–H and O–H groups in total. The van der Waals surface area contributed by atoms with Crippen LogP contribution in [0, 0.1) is 0 Å². The van der Waals surface area contributed by atoms with E-state index in [1.54, 1.807) is 11.3 Å². The summed E-state index contributed by atoms with van der Waals surface area (Å²) in [6.45, 7) is 1.95. The summed E-state index contributed by atoms with van der Waals surface area (Å²) in [6.07, 6.45) is 1.89. The van der Waals surface area contributed by atoms with Gasteiger partial charge < -0.3 is 19.5 Å². The largest absolute Gasteiger partial charge is 0.550 e. The van der Waals surface area contributed by atoms with E-state index in [9.17, 15) is 9.90 Å². The maximum atomic E-state index is 10.4. The van der Waals surface area contributed by atoms with Gasteiger partial charge in [-0.05, 0) is 49.0 Å². The zero-order valence-electron chi connectivity index (χ0n) is 13.4. The van der Waals surface area contributed by atoms with Gasteiger partial charge in [0.15, 0.2) is 0 Å². The smallest absolute Gasteiger partial charge is 0.119 e. The van der Waals surface area contributed by atoms with E-state index in [1.807, 2.05) is 24.1 Å². The number of thiophene rings is 1. The lowest BCUT2D eigenvalue weighted by Crippen LogP contribution is -2.30. The van der Waals surface area contributed by atoms with Gasteiger partial charge in [0, 0.05) is 30.4 Å². The number of rotatable bonds is 10. The fourth-order valence-electron chi connectivity index (χ4n) is 2.24. The zero-order valence-corrected chi connectivity index (χ0v) is 14.2. The third-order valence-corrected chi connectivity index (χ3v) is 4.41. The van der Waals surface area contributed by atoms with E-state index < -0.39 is 5.97 Å². The number of nitrogens with zero attached hydrogens (tertiary/aromatic N) is 1. The van der Waals surface area contributed by atoms with E-state index in [-0.39, 0.29) is 6.42 Å². The average molecular weight is 332 g/mol. The summed E-state index contributed by atoms with van der Waals surface area (Å²) in [5, 5.41) is 12.5. The van der Waals surface area contributed by atoms with E-state index in [4.69, 9.17) is 4.74 Å². The Morgan fingerprint density at radius 3 is 2.65 bits per heavy atom. The summed E-state index contributed by atoms with van der Waals surface area (Å²) >= 11 is 1.77. The molecule has 2 aromatic rings. The maximum absolute atomic E-state index is 10.4. The van der Waals surface area contributed by atoms with Gasteiger partial charge in [-0.15, -0.1) is 11.3 Å². The zero-order chi connectivity index (χ0) is 16.5. The summed E-state index contributed by atoms with van der Waals surface area (Å²) in [6, 6.07) is 12.4. The van der Waals surface area contributed by atoms with Gasteiger partial charge in [-0.2, -0.15) is 0 Å². The number of aliphatic carboxylic acids is 1. The predicted octanol–water partition coefficient (Wildman–Crippen LogP) is 2.18. The highest BCUT2D eigenvalue weighted by Crippen LogP contribution is 2.18. The summed E-state index contributed by atoms with van der Waals surface area (Å²) in [5.74, 6) is -0.131. The van der Waals surface area contributed by atoms with Gasteiger partial charge in [0.1, 0.15) is 5.75 Å². The molecule has 0 saturated heterocycles. The van der Waals surface area contributed by atoms with Crippen molar-refractivity contribution in [1.29, 1.82) is 0 Å². The third kappa shape index (κ3) is 6.84. The molecular formula is C18H22NO3S-. The Kier molecular flexibility index (Phi) is 7.10. The Bertz CT molecular complexity index is 581. The number of carbonyl (C=O) groups excluding carboxylic acids is 1. The summed E-state index contributed by atoms with van der Waals surface area (Å²) in [7, 11) is 1.91. The van der Waals surface area contributed by atoms with E-state index in [1.165, 1.54) is 10.4 Å². The van der Waals surface area contributed by atoms with E-state index in [0.29, 0.717) is 13.2 Å². The molecule has 0 aliphatic heterocycles. The van der Waals surface area contributed by atoms with E-state index in [0.717, 1.165) is 25.1 Å². The van der Waals surface area contributed by atoms with Crippen LogP contribution in [0.4, 0.5) is 0 Å². The maximum Gasteiger partial charge on any atom is 0.119 e. The van der Waals surface area contributed by atoms with Crippen LogP contribution in [0.3, 0.4) is 0 Å². The number of carboxylic acids is 1. The molecule has 0 aliphatic rings. The molecule has 4 nitrogen and oxygen atoms in total. The second kappa shape index (κ2) is 9.33. The minimum Gasteiger partial charge on any atom is -0.550 e. The monoisotopic (exact) mass is 332 g/mol. The first kappa shape index (κ1) is 17.5. The fraction of sp³-hybridized carbons (Fsp3) is 0.389. The summed E-state index contributed by atoms with van der Waals surface area (Å²) < 4.78 is 5.72. The van der Waals surface area contributed by atoms with E-state index >= 15 is 0 Å². The number of carboxylic acid groups (broad SMARTS) is 1. The second-order valence-electron chi connectivity index (χ2n) is 5.53. The molecule has 0 amide bonds. The van der Waals surface area contributed by atoms with Crippen molar-refractivity contribution in [3.05, 3.63) is 52.2 Å². The molecule has 0 bridgehead atoms. The Balaban J connectivity index is 1.65. The highest BCUT2D eigenvalue weighted by atomic mass is 32.1. The minimum absolute atomic E-state index is 0.0725. The number of carbonyl (C=O) groups is 1. The number of ether oxygens (including phenoxy) is 1. The van der Waals surface area contributed by atoms with Crippen molar-refractivity contribution in [1.82, 2.24) is 4.90 Å². The highest BCUT2D eigenvalue weighted by Gasteiger charge is 2.01. The van der Waals surface area contributed by atoms with Crippen molar-refractivity contribution in [2.24, 2.45) is 0 Å². The molecule has 0 spiro atoms. The third-order valence-electron chi connectivity index (χ3n) is 3.53. The molecule has 1 aromatic heterocycles. The lowest BCUT2D eigenvalue weighted by molar-refractivity contribution is -0.305. The Hall–Kier alpha value is -1.85. The number of hydrogen-bond donors (Lipinski definition) is 0. The molecule has 0 atom stereocenters. The molecule has 0 radical (unpaired) electrons. The van der Waals surface area contributed by atoms with Gasteiger partial charge in [0.2, 0.25) is 0 Å². The molecule has 124 valence electrons. The van der Waals surface area contributed by atoms with Crippen molar-refractivity contribution >= 4 is 17.3 Å². The number of benzene rings is 1. The van der Waals surface area contributed by atoms with Crippen LogP contribution in [-0.2, 0) is 11.2 Å². The molecule has 2 rings (SSSR count). The molecule has 0 saturated carbocycles. The Morgan fingerprint density at radius 1 is 1.22 bits per heavy atom. The van der Waals surface area contributed by atoms with Crippen LogP contribution < -0.4 is 9.84 Å². The normalized spacial score (nSPS) is 10.9. The molecule has 23 heavy (non-hydrogen) atoms. The molecule has 0 aliphatic carbocycles. The van der Waals surface area contributed by atoms with Gasteiger partial charge >= 0.3 is 0 Å². The number of hydrogen-bond acceptors (Lipinski definition) is 5. The van der Waals surface area contributed by atoms with Crippen LogP contribution in [0.25, 0.3) is 0 Å². The van der Waals surface area contributed by atoms with Crippen molar-refractivity contribution in [3.8, 4) is 5.75 Å². The minimum atomic E-state index is -1.00. The first-order valence-electron chi connectivity index (χ1n) is 7.76. The van der Waals surface area contributed by atoms with Crippen LogP contribution >= 0.6 is 11.3 Å². The molecule has 1 aromatic carbocycles. The lowest BCUT2D eigenvalue weighted by Gasteiger charge is -2.16. The standard InChI is InChI=1S/C18H23NO3S/c1-19(11-9-18(20)21)10-3-12-22-16-7-5-15(6-8-16)14-17-4-2-13-23-17/h2,4-8,13H,3,9-12,14H2,1H3,(H,20,21)/p-1. The van der Waals surface area contributed by atoms with Crippen LogP contribution in [0.2, 0.25) is 0 Å². The van der Waals surface area contributed by atoms with Gasteiger partial charge in [0.05, 0.1) is 6.61 Å². The van der Waals surface area contributed by atoms with Crippen molar-refractivity contribution in [3.63, 3.8) is 0 Å². The van der Waals surface area contributed by atoms with Crippen LogP contribution in [0.1, 0.15) is 23.3 Å². The van der Waals surface area contributed by atoms with E-state index in [2.05, 4.69) is 29.6 Å². The summed E-state index contributed by atoms with van der Waals surface area (Å²) in [5.41, 5.74) is 1.28. The highest BCUT2D eigenvalue weighted by molar-refractivity contribution is 7.09. The Labute approximate surface area is 141 Å². The van der Waals surface area contributed by atoms with Crippen molar-refractivity contribution < 1.29 is 14.6 Å². The van der Waals surface area contributed by atoms with Crippen LogP contribution in [0.5, 0.6) is 5.75 Å². The molecule has 0 unspecified atom stereocenters. The molecule has 5 heteroatoms. The lowest BCUT2D eigenvalue weighted by atomic mass is 10.1. The van der Waals surface area contributed by atoms with Crippen LogP contribution in [-0.4, -0.2) is 37.6 Å². The van der Waals surface area contributed by atoms with Crippen LogP contribution in [0.15, 0.2) is 41.8 Å². The van der Waals surface area contributed by atoms with Gasteiger partial charge in [0.25, 0.3) is 0 Å². The molecule has 1 heterocycles. The van der Waals surface area contributed by atoms with Crippen molar-refractivity contribution in [2.75, 3.05) is 26.7 Å². The molecule has 0 fully saturated rings. The van der Waals surface area contributed by atoms with Gasteiger partial charge in [-0.25, -0.2) is 0 Å². The Morgan fingerprint density at radius 2 is 2.00 bits per heavy atom. The topological polar surface area (TPSA) is 52.6 Å². The summed E-state index contributed by atoms with van der Waals surface area (Å²) in [4.78, 5) is 13.7. The first-order valence-corrected chi connectivity index (χ1v) is 8.64. The second-order valence-corrected chi connectivity index (χ2v) is 6.56. The van der Waals surface area contributed by atoms with Gasteiger partial charge in [-0.1, -0.05) is 18.2 Å². The SMILES string of the molecule is CN(CCCOc1ccc(Cc2cccs2)cc1)CCC(=O)[O-]. The quantitative estimate of drug-likeness (QED) is 0.626. The fourth-order valence-corrected chi connectivity index (χ4v) is 2.98. The first-order chi connectivity index (χ1) is 11.1. The predicted molar refractivity (Wildman–Crippen MR) is 90.8 cm³/mol. The van der Waals surface area contributed by atoms with Crippen molar-refractivity contribution in [2.45, 2.75) is 19.3 Å². The van der Waals surface area contributed by atoms with Gasteiger partial charge in [-0.3, -0.25) is 0 Å². The average Bonchev–Trinajstić information content (AvgIpc) is 3.04. The molecular weight excluding hydrogens is 310 g/mol.